The van der Waals surface area contributed by atoms with Gasteiger partial charge in [0, 0.05) is 36.9 Å². The van der Waals surface area contributed by atoms with E-state index in [-0.39, 0.29) is 18.4 Å². The van der Waals surface area contributed by atoms with E-state index in [1.165, 1.54) is 0 Å². The van der Waals surface area contributed by atoms with Crippen LogP contribution in [0.15, 0.2) is 42.5 Å². The van der Waals surface area contributed by atoms with Crippen molar-refractivity contribution in [2.24, 2.45) is 0 Å². The Labute approximate surface area is 173 Å². The van der Waals surface area contributed by atoms with Crippen molar-refractivity contribution < 1.29 is 9.59 Å². The van der Waals surface area contributed by atoms with Gasteiger partial charge in [-0.3, -0.25) is 14.5 Å². The first kappa shape index (κ1) is 20.2. The number of anilines is 1. The Morgan fingerprint density at radius 3 is 2.50 bits per heavy atom. The van der Waals surface area contributed by atoms with Gasteiger partial charge in [0.1, 0.15) is 0 Å². The topological polar surface area (TPSA) is 76.4 Å². The summed E-state index contributed by atoms with van der Waals surface area (Å²) in [4.78, 5) is 28.6. The van der Waals surface area contributed by atoms with Gasteiger partial charge < -0.3 is 10.2 Å². The lowest BCUT2D eigenvalue weighted by atomic mass is 10.1. The summed E-state index contributed by atoms with van der Waals surface area (Å²) in [5.41, 5.74) is 1.51. The summed E-state index contributed by atoms with van der Waals surface area (Å²) in [6, 6.07) is 13.6. The van der Waals surface area contributed by atoms with E-state index >= 15 is 0 Å². The fourth-order valence-electron chi connectivity index (χ4n) is 3.01. The normalized spacial score (nSPS) is 14.4. The zero-order valence-corrected chi connectivity index (χ0v) is 16.5. The van der Waals surface area contributed by atoms with E-state index in [1.807, 2.05) is 11.0 Å². The van der Waals surface area contributed by atoms with Gasteiger partial charge in [-0.2, -0.15) is 5.26 Å². The van der Waals surface area contributed by atoms with Gasteiger partial charge in [0.25, 0.3) is 5.91 Å². The molecule has 2 aromatic carbocycles. The minimum absolute atomic E-state index is 0.140. The Balaban J connectivity index is 1.51. The van der Waals surface area contributed by atoms with Crippen molar-refractivity contribution in [1.82, 2.24) is 9.80 Å². The summed E-state index contributed by atoms with van der Waals surface area (Å²) in [5.74, 6) is -0.297. The van der Waals surface area contributed by atoms with Gasteiger partial charge in [-0.25, -0.2) is 0 Å². The smallest absolute Gasteiger partial charge is 0.255 e. The van der Waals surface area contributed by atoms with Gasteiger partial charge in [-0.15, -0.1) is 0 Å². The monoisotopic (exact) mass is 416 g/mol. The van der Waals surface area contributed by atoms with Gasteiger partial charge in [-0.1, -0.05) is 29.3 Å². The largest absolute Gasteiger partial charge is 0.336 e. The molecule has 0 atom stereocenters. The Kier molecular flexibility index (Phi) is 6.53. The first-order chi connectivity index (χ1) is 13.5. The van der Waals surface area contributed by atoms with Gasteiger partial charge >= 0.3 is 0 Å². The van der Waals surface area contributed by atoms with Crippen molar-refractivity contribution >= 4 is 40.7 Å². The van der Waals surface area contributed by atoms with Crippen LogP contribution in [0.3, 0.4) is 0 Å². The molecule has 0 spiro atoms. The molecule has 0 saturated carbocycles. The minimum Gasteiger partial charge on any atom is -0.336 e. The van der Waals surface area contributed by atoms with Crippen LogP contribution >= 0.6 is 23.2 Å². The lowest BCUT2D eigenvalue weighted by Crippen LogP contribution is -2.50. The number of rotatable bonds is 4. The third kappa shape index (κ3) is 5.02. The molecule has 0 bridgehead atoms. The maximum atomic E-state index is 12.6. The molecule has 1 saturated heterocycles. The molecule has 1 fully saturated rings. The molecule has 8 heteroatoms. The maximum absolute atomic E-state index is 12.6. The highest BCUT2D eigenvalue weighted by Crippen LogP contribution is 2.22. The first-order valence-corrected chi connectivity index (χ1v) is 9.48. The lowest BCUT2D eigenvalue weighted by molar-refractivity contribution is -0.117. The SMILES string of the molecule is N#Cc1cccc(NC(=O)CN2CCN(C(=O)c3ccc(Cl)cc3Cl)CC2)c1. The molecule has 1 N–H and O–H groups in total. The van der Waals surface area contributed by atoms with E-state index in [9.17, 15) is 9.59 Å². The molecule has 2 amide bonds. The second kappa shape index (κ2) is 9.07. The van der Waals surface area contributed by atoms with Crippen LogP contribution in [-0.4, -0.2) is 54.3 Å². The molecule has 0 aliphatic carbocycles. The summed E-state index contributed by atoms with van der Waals surface area (Å²) in [7, 11) is 0. The molecule has 1 aliphatic rings. The molecular formula is C20H18Cl2N4O2. The molecule has 0 unspecified atom stereocenters. The van der Waals surface area contributed by atoms with Crippen LogP contribution in [0.1, 0.15) is 15.9 Å². The van der Waals surface area contributed by atoms with E-state index in [1.54, 1.807) is 47.4 Å². The highest BCUT2D eigenvalue weighted by Gasteiger charge is 2.24. The second-order valence-electron chi connectivity index (χ2n) is 6.43. The average molecular weight is 417 g/mol. The lowest BCUT2D eigenvalue weighted by Gasteiger charge is -2.34. The van der Waals surface area contributed by atoms with Crippen LogP contribution in [0, 0.1) is 11.3 Å². The Morgan fingerprint density at radius 1 is 1.07 bits per heavy atom. The van der Waals surface area contributed by atoms with E-state index in [0.29, 0.717) is 53.0 Å². The van der Waals surface area contributed by atoms with Crippen molar-refractivity contribution in [2.45, 2.75) is 0 Å². The predicted molar refractivity (Wildman–Crippen MR) is 109 cm³/mol. The molecular weight excluding hydrogens is 399 g/mol. The number of piperazine rings is 1. The number of amides is 2. The zero-order valence-electron chi connectivity index (χ0n) is 15.0. The summed E-state index contributed by atoms with van der Waals surface area (Å²) < 4.78 is 0. The molecule has 0 radical (unpaired) electrons. The average Bonchev–Trinajstić information content (AvgIpc) is 2.68. The number of halogens is 2. The molecule has 1 heterocycles. The number of benzene rings is 2. The maximum Gasteiger partial charge on any atom is 0.255 e. The van der Waals surface area contributed by atoms with E-state index < -0.39 is 0 Å². The molecule has 1 aliphatic heterocycles. The van der Waals surface area contributed by atoms with Gasteiger partial charge in [-0.05, 0) is 36.4 Å². The summed E-state index contributed by atoms with van der Waals surface area (Å²) >= 11 is 12.0. The Morgan fingerprint density at radius 2 is 1.82 bits per heavy atom. The van der Waals surface area contributed by atoms with Crippen LogP contribution < -0.4 is 5.32 Å². The molecule has 6 nitrogen and oxygen atoms in total. The third-order valence-electron chi connectivity index (χ3n) is 4.46. The quantitative estimate of drug-likeness (QED) is 0.829. The summed E-state index contributed by atoms with van der Waals surface area (Å²) in [6.45, 7) is 2.41. The van der Waals surface area contributed by atoms with Crippen LogP contribution in [0.2, 0.25) is 10.0 Å². The molecule has 0 aromatic heterocycles. The van der Waals surface area contributed by atoms with Crippen LogP contribution in [0.4, 0.5) is 5.69 Å². The summed E-state index contributed by atoms with van der Waals surface area (Å²) in [6.07, 6.45) is 0. The number of nitrogens with zero attached hydrogens (tertiary/aromatic N) is 3. The van der Waals surface area contributed by atoms with Gasteiger partial charge in [0.2, 0.25) is 5.91 Å². The number of nitriles is 1. The fraction of sp³-hybridized carbons (Fsp3) is 0.250. The van der Waals surface area contributed by atoms with E-state index in [0.717, 1.165) is 0 Å². The van der Waals surface area contributed by atoms with E-state index in [2.05, 4.69) is 5.32 Å². The van der Waals surface area contributed by atoms with Crippen LogP contribution in [-0.2, 0) is 4.79 Å². The zero-order chi connectivity index (χ0) is 20.1. The molecule has 28 heavy (non-hydrogen) atoms. The number of nitrogens with one attached hydrogen (secondary N) is 1. The first-order valence-electron chi connectivity index (χ1n) is 8.73. The van der Waals surface area contributed by atoms with Gasteiger partial charge in [0.05, 0.1) is 28.8 Å². The van der Waals surface area contributed by atoms with Crippen molar-refractivity contribution in [1.29, 1.82) is 5.26 Å². The number of hydrogen-bond acceptors (Lipinski definition) is 4. The van der Waals surface area contributed by atoms with Crippen LogP contribution in [0.5, 0.6) is 0 Å². The highest BCUT2D eigenvalue weighted by atomic mass is 35.5. The van der Waals surface area contributed by atoms with Crippen molar-refractivity contribution in [3.63, 3.8) is 0 Å². The predicted octanol–water partition coefficient (Wildman–Crippen LogP) is 3.26. The summed E-state index contributed by atoms with van der Waals surface area (Å²) in [5, 5.41) is 12.5. The number of hydrogen-bond donors (Lipinski definition) is 1. The number of carbonyl (C=O) groups excluding carboxylic acids is 2. The molecule has 144 valence electrons. The highest BCUT2D eigenvalue weighted by molar-refractivity contribution is 6.36. The fourth-order valence-corrected chi connectivity index (χ4v) is 3.50. The minimum atomic E-state index is -0.157. The van der Waals surface area contributed by atoms with Crippen molar-refractivity contribution in [2.75, 3.05) is 38.0 Å². The Hall–Kier alpha value is -2.59. The van der Waals surface area contributed by atoms with Crippen LogP contribution in [0.25, 0.3) is 0 Å². The molecule has 2 aromatic rings. The van der Waals surface area contributed by atoms with Crippen molar-refractivity contribution in [3.8, 4) is 6.07 Å². The standard InChI is InChI=1S/C20H18Cl2N4O2/c21-15-4-5-17(18(22)11-15)20(28)26-8-6-25(7-9-26)13-19(27)24-16-3-1-2-14(10-16)12-23/h1-5,10-11H,6-9,13H2,(H,24,27). The third-order valence-corrected chi connectivity index (χ3v) is 5.01. The second-order valence-corrected chi connectivity index (χ2v) is 7.28. The molecule has 3 rings (SSSR count). The van der Waals surface area contributed by atoms with Gasteiger partial charge in [0.15, 0.2) is 0 Å². The van der Waals surface area contributed by atoms with E-state index in [4.69, 9.17) is 28.5 Å². The number of carbonyl (C=O) groups is 2. The van der Waals surface area contributed by atoms with Crippen molar-refractivity contribution in [3.05, 3.63) is 63.6 Å². The Bertz CT molecular complexity index is 934.